The van der Waals surface area contributed by atoms with Crippen molar-refractivity contribution in [2.24, 2.45) is 0 Å². The van der Waals surface area contributed by atoms with Gasteiger partial charge < -0.3 is 0 Å². The van der Waals surface area contributed by atoms with Gasteiger partial charge in [-0.1, -0.05) is 0 Å². The van der Waals surface area contributed by atoms with E-state index < -0.39 is 0 Å². The summed E-state index contributed by atoms with van der Waals surface area (Å²) in [5, 5.41) is 4.39. The van der Waals surface area contributed by atoms with Crippen molar-refractivity contribution in [3.8, 4) is 0 Å². The Morgan fingerprint density at radius 3 is 2.85 bits per heavy atom. The molecule has 2 aromatic rings. The molecule has 2 N–H and O–H groups in total. The number of aromatic nitrogens is 1. The van der Waals surface area contributed by atoms with Crippen LogP contribution in [0.1, 0.15) is 0 Å². The van der Waals surface area contributed by atoms with Crippen LogP contribution in [0.5, 0.6) is 0 Å². The fourth-order valence-electron chi connectivity index (χ4n) is 1.26. The van der Waals surface area contributed by atoms with Gasteiger partial charge in [0.1, 0.15) is 0 Å². The van der Waals surface area contributed by atoms with Crippen LogP contribution >= 0.6 is 0 Å². The van der Waals surface area contributed by atoms with Crippen LogP contribution in [0.2, 0.25) is 0 Å². The average Bonchev–Trinajstić information content (AvgIpc) is 2.44. The number of nitrogens with one attached hydrogen (secondary N) is 2. The topological polar surface area (TPSA) is 27.8 Å². The predicted octanol–water partition coefficient (Wildman–Crippen LogP) is 0.736. The van der Waals surface area contributed by atoms with Crippen molar-refractivity contribution in [3.05, 3.63) is 30.3 Å². The summed E-state index contributed by atoms with van der Waals surface area (Å²) >= 11 is 5.32. The molecule has 1 aromatic carbocycles. The molecule has 0 radical (unpaired) electrons. The van der Waals surface area contributed by atoms with E-state index in [0.717, 1.165) is 14.8 Å². The molecule has 0 saturated heterocycles. The maximum atomic E-state index is 3.26. The number of fused-ring (bicyclic) bond motifs is 1. The minimum atomic E-state index is 0.999. The fraction of sp³-hybridized carbons (Fsp3) is 0. The third kappa shape index (κ3) is 2.04. The van der Waals surface area contributed by atoms with Crippen molar-refractivity contribution in [2.75, 3.05) is 5.32 Å². The van der Waals surface area contributed by atoms with Crippen LogP contribution in [0.4, 0.5) is 5.82 Å². The molecule has 0 unspecified atom stereocenters. The Labute approximate surface area is 92.3 Å². The summed E-state index contributed by atoms with van der Waals surface area (Å²) in [7, 11) is 0. The van der Waals surface area contributed by atoms with Crippen molar-refractivity contribution in [2.45, 2.75) is 0 Å². The first-order valence-corrected chi connectivity index (χ1v) is 5.63. The number of H-pyrrole nitrogens is 1. The van der Waals surface area contributed by atoms with Gasteiger partial charge in [0, 0.05) is 0 Å². The van der Waals surface area contributed by atoms with Gasteiger partial charge in [-0.3, -0.25) is 0 Å². The SMILES string of the molecule is [Se]=C([SeH])Nc1cc2ccccc2[nH]1. The number of benzene rings is 1. The second-order valence-corrected chi connectivity index (χ2v) is 5.97. The van der Waals surface area contributed by atoms with Crippen molar-refractivity contribution >= 4 is 51.7 Å². The second kappa shape index (κ2) is 3.69. The molecule has 4 heteroatoms. The summed E-state index contributed by atoms with van der Waals surface area (Å²) in [6, 6.07) is 10.3. The van der Waals surface area contributed by atoms with E-state index >= 15 is 0 Å². The number of anilines is 1. The molecule has 2 rings (SSSR count). The van der Waals surface area contributed by atoms with Gasteiger partial charge in [0.2, 0.25) is 0 Å². The molecule has 0 aliphatic rings. The van der Waals surface area contributed by atoms with Gasteiger partial charge in [-0.15, -0.1) is 0 Å². The molecule has 0 bridgehead atoms. The van der Waals surface area contributed by atoms with Crippen LogP contribution in [-0.2, 0) is 0 Å². The average molecular weight is 302 g/mol. The summed E-state index contributed by atoms with van der Waals surface area (Å²) in [6.45, 7) is 0. The van der Waals surface area contributed by atoms with Crippen molar-refractivity contribution in [1.29, 1.82) is 0 Å². The molecule has 0 aliphatic heterocycles. The molecule has 0 amide bonds. The first-order chi connectivity index (χ1) is 6.25. The monoisotopic (exact) mass is 304 g/mol. The van der Waals surface area contributed by atoms with Gasteiger partial charge in [0.15, 0.2) is 0 Å². The number of para-hydroxylation sites is 1. The molecule has 66 valence electrons. The first kappa shape index (κ1) is 9.04. The van der Waals surface area contributed by atoms with Gasteiger partial charge >= 0.3 is 92.4 Å². The summed E-state index contributed by atoms with van der Waals surface area (Å²) in [4.78, 5) is 3.26. The van der Waals surface area contributed by atoms with Crippen LogP contribution in [0.25, 0.3) is 10.9 Å². The van der Waals surface area contributed by atoms with E-state index in [1.165, 1.54) is 5.39 Å². The zero-order chi connectivity index (χ0) is 9.26. The number of rotatable bonds is 2. The summed E-state index contributed by atoms with van der Waals surface area (Å²) in [5.41, 5.74) is 1.15. The van der Waals surface area contributed by atoms with E-state index in [1.807, 2.05) is 12.1 Å². The Bertz CT molecular complexity index is 415. The van der Waals surface area contributed by atoms with Gasteiger partial charge in [0.25, 0.3) is 0 Å². The normalized spacial score (nSPS) is 10.2. The second-order valence-electron chi connectivity index (χ2n) is 2.70. The van der Waals surface area contributed by atoms with Gasteiger partial charge in [-0.25, -0.2) is 0 Å². The summed E-state index contributed by atoms with van der Waals surface area (Å²) < 4.78 is 0.999. The molecular formula is C9H8N2Se2. The molecule has 0 atom stereocenters. The Hall–Kier alpha value is -0.531. The van der Waals surface area contributed by atoms with Crippen LogP contribution in [-0.4, -0.2) is 40.0 Å². The Morgan fingerprint density at radius 2 is 2.15 bits per heavy atom. The van der Waals surface area contributed by atoms with Crippen LogP contribution in [0, 0.1) is 0 Å². The number of hydrogen-bond acceptors (Lipinski definition) is 1. The summed E-state index contributed by atoms with van der Waals surface area (Å²) in [6.07, 6.45) is 0. The van der Waals surface area contributed by atoms with E-state index in [0.29, 0.717) is 0 Å². The van der Waals surface area contributed by atoms with E-state index in [1.54, 1.807) is 0 Å². The minimum absolute atomic E-state index is 0.999. The molecule has 0 spiro atoms. The van der Waals surface area contributed by atoms with Crippen molar-refractivity contribution < 1.29 is 0 Å². The zero-order valence-electron chi connectivity index (χ0n) is 6.74. The number of aromatic amines is 1. The first-order valence-electron chi connectivity index (χ1n) is 3.83. The van der Waals surface area contributed by atoms with Crippen molar-refractivity contribution in [1.82, 2.24) is 4.98 Å². The molecule has 0 aliphatic carbocycles. The maximum absolute atomic E-state index is 3.26. The van der Waals surface area contributed by atoms with Crippen molar-refractivity contribution in [3.63, 3.8) is 0 Å². The molecule has 2 nitrogen and oxygen atoms in total. The van der Waals surface area contributed by atoms with Crippen LogP contribution in [0.3, 0.4) is 0 Å². The third-order valence-electron chi connectivity index (χ3n) is 1.77. The standard InChI is InChI=1S/C9H8N2Se2/c12-9(13)11-8-5-6-3-1-2-4-7(6)10-8/h1-5,10H,(H2,11,12,13). The van der Waals surface area contributed by atoms with E-state index in [-0.39, 0.29) is 0 Å². The van der Waals surface area contributed by atoms with E-state index in [2.05, 4.69) is 60.1 Å². The Morgan fingerprint density at radius 1 is 1.38 bits per heavy atom. The Kier molecular flexibility index (Phi) is 2.56. The van der Waals surface area contributed by atoms with Gasteiger partial charge in [-0.2, -0.15) is 0 Å². The summed E-state index contributed by atoms with van der Waals surface area (Å²) in [5.74, 6) is 1.01. The molecule has 0 saturated carbocycles. The van der Waals surface area contributed by atoms with Crippen LogP contribution < -0.4 is 5.32 Å². The molecular weight excluding hydrogens is 294 g/mol. The third-order valence-corrected chi connectivity index (χ3v) is 2.22. The van der Waals surface area contributed by atoms with Crippen LogP contribution in [0.15, 0.2) is 30.3 Å². The Balaban J connectivity index is 2.44. The molecule has 1 aromatic heterocycles. The van der Waals surface area contributed by atoms with Gasteiger partial charge in [-0.05, 0) is 0 Å². The molecule has 13 heavy (non-hydrogen) atoms. The fourth-order valence-corrected chi connectivity index (χ4v) is 1.74. The van der Waals surface area contributed by atoms with Gasteiger partial charge in [0.05, 0.1) is 0 Å². The zero-order valence-corrected chi connectivity index (χ0v) is 10.3. The molecule has 1 heterocycles. The predicted molar refractivity (Wildman–Crippen MR) is 59.8 cm³/mol. The van der Waals surface area contributed by atoms with E-state index in [9.17, 15) is 0 Å². The number of hydrogen-bond donors (Lipinski definition) is 2. The quantitative estimate of drug-likeness (QED) is 0.787. The molecule has 0 fully saturated rings. The van der Waals surface area contributed by atoms with E-state index in [4.69, 9.17) is 0 Å².